The number of primary amides is 1. The first-order valence-corrected chi connectivity index (χ1v) is 7.70. The van der Waals surface area contributed by atoms with Crippen molar-refractivity contribution in [2.75, 3.05) is 4.90 Å². The number of nitro benzene ring substituents is 1. The van der Waals surface area contributed by atoms with Crippen molar-refractivity contribution < 1.29 is 14.8 Å². The average molecular weight is 349 g/mol. The van der Waals surface area contributed by atoms with Crippen LogP contribution in [0.4, 0.5) is 21.9 Å². The molecule has 0 fully saturated rings. The third kappa shape index (κ3) is 3.18. The molecule has 7 heteroatoms. The summed E-state index contributed by atoms with van der Waals surface area (Å²) in [7, 11) is 0. The van der Waals surface area contributed by atoms with Crippen LogP contribution in [0.25, 0.3) is 11.1 Å². The van der Waals surface area contributed by atoms with E-state index in [0.717, 1.165) is 28.7 Å². The number of phenolic OH excluding ortho intramolecular Hbond substituents is 1. The molecule has 0 aliphatic heterocycles. The van der Waals surface area contributed by atoms with Crippen LogP contribution in [0.5, 0.6) is 5.75 Å². The third-order valence-corrected chi connectivity index (χ3v) is 3.86. The van der Waals surface area contributed by atoms with E-state index in [1.807, 2.05) is 30.3 Å². The number of carbonyl (C=O) groups is 1. The summed E-state index contributed by atoms with van der Waals surface area (Å²) < 4.78 is 0. The quantitative estimate of drug-likeness (QED) is 0.543. The van der Waals surface area contributed by atoms with E-state index in [1.54, 1.807) is 24.3 Å². The van der Waals surface area contributed by atoms with Gasteiger partial charge in [0.1, 0.15) is 5.75 Å². The number of carbonyl (C=O) groups excluding carboxylic acids is 1. The zero-order valence-electron chi connectivity index (χ0n) is 13.6. The summed E-state index contributed by atoms with van der Waals surface area (Å²) in [4.78, 5) is 23.7. The van der Waals surface area contributed by atoms with Crippen LogP contribution >= 0.6 is 0 Å². The van der Waals surface area contributed by atoms with Gasteiger partial charge in [0.25, 0.3) is 5.69 Å². The van der Waals surface area contributed by atoms with Crippen LogP contribution in [0.2, 0.25) is 0 Å². The van der Waals surface area contributed by atoms with Gasteiger partial charge in [0, 0.05) is 17.7 Å². The molecule has 3 aromatic rings. The second-order valence-corrected chi connectivity index (χ2v) is 5.49. The van der Waals surface area contributed by atoms with E-state index < -0.39 is 11.0 Å². The van der Waals surface area contributed by atoms with Crippen molar-refractivity contribution in [3.05, 3.63) is 82.9 Å². The Morgan fingerprint density at radius 3 is 2.27 bits per heavy atom. The molecule has 0 atom stereocenters. The Hall–Kier alpha value is -3.87. The highest BCUT2D eigenvalue weighted by Gasteiger charge is 2.24. The fraction of sp³-hybridized carbons (Fsp3) is 0. The van der Waals surface area contributed by atoms with E-state index in [4.69, 9.17) is 5.73 Å². The van der Waals surface area contributed by atoms with Crippen LogP contribution < -0.4 is 10.6 Å². The number of hydrogen-bond donors (Lipinski definition) is 2. The van der Waals surface area contributed by atoms with Crippen molar-refractivity contribution >= 4 is 23.1 Å². The Kier molecular flexibility index (Phi) is 4.53. The normalized spacial score (nSPS) is 10.3. The number of para-hydroxylation sites is 1. The minimum Gasteiger partial charge on any atom is -0.506 e. The van der Waals surface area contributed by atoms with E-state index in [2.05, 4.69) is 0 Å². The summed E-state index contributed by atoms with van der Waals surface area (Å²) in [6, 6.07) is 18.8. The molecule has 0 aromatic heterocycles. The van der Waals surface area contributed by atoms with Gasteiger partial charge in [-0.1, -0.05) is 48.5 Å². The first kappa shape index (κ1) is 17.0. The molecule has 26 heavy (non-hydrogen) atoms. The lowest BCUT2D eigenvalue weighted by molar-refractivity contribution is -0.384. The van der Waals surface area contributed by atoms with Gasteiger partial charge in [0.05, 0.1) is 16.3 Å². The summed E-state index contributed by atoms with van der Waals surface area (Å²) in [5.74, 6) is -0.294. The molecule has 0 aliphatic carbocycles. The second kappa shape index (κ2) is 6.94. The Morgan fingerprint density at radius 1 is 0.962 bits per heavy atom. The minimum atomic E-state index is -0.871. The summed E-state index contributed by atoms with van der Waals surface area (Å²) in [6.45, 7) is 0. The fourth-order valence-corrected chi connectivity index (χ4v) is 2.70. The Labute approximate surface area is 149 Å². The highest BCUT2D eigenvalue weighted by molar-refractivity contribution is 6.03. The van der Waals surface area contributed by atoms with Gasteiger partial charge in [0.2, 0.25) is 0 Å². The minimum absolute atomic E-state index is 0.0601. The van der Waals surface area contributed by atoms with Gasteiger partial charge < -0.3 is 10.8 Å². The topological polar surface area (TPSA) is 110 Å². The van der Waals surface area contributed by atoms with Crippen molar-refractivity contribution in [2.24, 2.45) is 5.73 Å². The largest absolute Gasteiger partial charge is 0.506 e. The maximum Gasteiger partial charge on any atom is 0.324 e. The molecule has 3 N–H and O–H groups in total. The molecule has 2 amide bonds. The van der Waals surface area contributed by atoms with Crippen LogP contribution in [0, 0.1) is 10.1 Å². The number of nitrogens with zero attached hydrogens (tertiary/aromatic N) is 2. The van der Waals surface area contributed by atoms with Crippen molar-refractivity contribution in [3.63, 3.8) is 0 Å². The maximum atomic E-state index is 12.2. The number of rotatable bonds is 4. The molecule has 0 unspecified atom stereocenters. The first-order chi connectivity index (χ1) is 12.5. The number of anilines is 2. The molecule has 3 aromatic carbocycles. The molecule has 0 radical (unpaired) electrons. The van der Waals surface area contributed by atoms with E-state index in [9.17, 15) is 20.0 Å². The van der Waals surface area contributed by atoms with E-state index in [1.165, 1.54) is 0 Å². The molecular weight excluding hydrogens is 334 g/mol. The number of urea groups is 1. The molecule has 0 saturated heterocycles. The highest BCUT2D eigenvalue weighted by atomic mass is 16.6. The molecule has 130 valence electrons. The summed E-state index contributed by atoms with van der Waals surface area (Å²) in [5.41, 5.74) is 7.16. The van der Waals surface area contributed by atoms with Crippen molar-refractivity contribution in [3.8, 4) is 16.9 Å². The molecule has 0 spiro atoms. The first-order valence-electron chi connectivity index (χ1n) is 7.70. The number of phenols is 1. The zero-order chi connectivity index (χ0) is 18.7. The van der Waals surface area contributed by atoms with Gasteiger partial charge in [-0.3, -0.25) is 15.0 Å². The Morgan fingerprint density at radius 2 is 1.62 bits per heavy atom. The van der Waals surface area contributed by atoms with Crippen LogP contribution in [0.15, 0.2) is 72.8 Å². The van der Waals surface area contributed by atoms with Gasteiger partial charge in [-0.25, -0.2) is 4.79 Å². The van der Waals surface area contributed by atoms with E-state index in [0.29, 0.717) is 11.3 Å². The number of nitrogens with two attached hydrogens (primary N) is 1. The third-order valence-electron chi connectivity index (χ3n) is 3.86. The number of amides is 2. The molecule has 0 bridgehead atoms. The summed E-state index contributed by atoms with van der Waals surface area (Å²) >= 11 is 0. The molecule has 0 saturated carbocycles. The lowest BCUT2D eigenvalue weighted by Crippen LogP contribution is -2.32. The predicted octanol–water partition coefficient (Wildman–Crippen LogP) is 4.18. The maximum absolute atomic E-state index is 12.2. The van der Waals surface area contributed by atoms with Gasteiger partial charge >= 0.3 is 6.03 Å². The van der Waals surface area contributed by atoms with Crippen molar-refractivity contribution in [1.82, 2.24) is 0 Å². The summed E-state index contributed by atoms with van der Waals surface area (Å²) in [5, 5.41) is 21.3. The molecule has 0 heterocycles. The van der Waals surface area contributed by atoms with Gasteiger partial charge in [-0.15, -0.1) is 0 Å². The SMILES string of the molecule is NC(=O)N(c1cc([N+](=O)[O-])ccc1O)c1ccccc1-c1ccccc1. The van der Waals surface area contributed by atoms with Crippen LogP contribution in [-0.2, 0) is 0 Å². The predicted molar refractivity (Wildman–Crippen MR) is 98.4 cm³/mol. The fourth-order valence-electron chi connectivity index (χ4n) is 2.70. The number of benzene rings is 3. The number of aromatic hydroxyl groups is 1. The number of nitro groups is 1. The van der Waals surface area contributed by atoms with Crippen molar-refractivity contribution in [2.45, 2.75) is 0 Å². The molecule has 7 nitrogen and oxygen atoms in total. The molecule has 0 aliphatic rings. The Bertz CT molecular complexity index is 974. The van der Waals surface area contributed by atoms with Crippen LogP contribution in [0.1, 0.15) is 0 Å². The van der Waals surface area contributed by atoms with Gasteiger partial charge in [-0.05, 0) is 17.7 Å². The van der Waals surface area contributed by atoms with Crippen molar-refractivity contribution in [1.29, 1.82) is 0 Å². The molecular formula is C19H15N3O4. The number of non-ortho nitro benzene ring substituents is 1. The van der Waals surface area contributed by atoms with Gasteiger partial charge in [0.15, 0.2) is 0 Å². The van der Waals surface area contributed by atoms with Crippen LogP contribution in [0.3, 0.4) is 0 Å². The lowest BCUT2D eigenvalue weighted by atomic mass is 10.0. The Balaban J connectivity index is 2.22. The number of hydrogen-bond acceptors (Lipinski definition) is 4. The lowest BCUT2D eigenvalue weighted by Gasteiger charge is -2.24. The smallest absolute Gasteiger partial charge is 0.324 e. The molecule has 3 rings (SSSR count). The highest BCUT2D eigenvalue weighted by Crippen LogP contribution is 2.40. The second-order valence-electron chi connectivity index (χ2n) is 5.49. The monoisotopic (exact) mass is 349 g/mol. The van der Waals surface area contributed by atoms with Crippen LogP contribution in [-0.4, -0.2) is 16.1 Å². The van der Waals surface area contributed by atoms with E-state index >= 15 is 0 Å². The summed E-state index contributed by atoms with van der Waals surface area (Å²) in [6.07, 6.45) is 0. The van der Waals surface area contributed by atoms with E-state index in [-0.39, 0.29) is 17.1 Å². The average Bonchev–Trinajstić information content (AvgIpc) is 2.64. The standard InChI is InChI=1S/C19H15N3O4/c20-19(24)21(17-12-14(22(25)26)10-11-18(17)23)16-9-5-4-8-15(16)13-6-2-1-3-7-13/h1-12,23H,(H2,20,24). The zero-order valence-corrected chi connectivity index (χ0v) is 13.6. The van der Waals surface area contributed by atoms with Gasteiger partial charge in [-0.2, -0.15) is 0 Å².